The first kappa shape index (κ1) is 18.3. The number of nitrogens with zero attached hydrogens (tertiary/aromatic N) is 3. The minimum absolute atomic E-state index is 0.181. The van der Waals surface area contributed by atoms with Gasteiger partial charge in [-0.15, -0.1) is 0 Å². The lowest BCUT2D eigenvalue weighted by Crippen LogP contribution is -2.39. The molecule has 1 aliphatic heterocycles. The number of carbonyl (C=O) groups excluding carboxylic acids is 1. The van der Waals surface area contributed by atoms with Crippen LogP contribution in [0.15, 0.2) is 42.7 Å². The van der Waals surface area contributed by atoms with Crippen molar-refractivity contribution in [3.8, 4) is 0 Å². The van der Waals surface area contributed by atoms with E-state index in [4.69, 9.17) is 4.74 Å². The molecule has 1 aromatic heterocycles. The molecular formula is C19H25N5O2. The Morgan fingerprint density at radius 2 is 1.92 bits per heavy atom. The molecule has 2 heterocycles. The Labute approximate surface area is 153 Å². The van der Waals surface area contributed by atoms with Gasteiger partial charge in [-0.3, -0.25) is 9.69 Å². The van der Waals surface area contributed by atoms with E-state index >= 15 is 0 Å². The smallest absolute Gasteiger partial charge is 0.270 e. The molecule has 1 fully saturated rings. The van der Waals surface area contributed by atoms with E-state index in [1.165, 1.54) is 11.9 Å². The summed E-state index contributed by atoms with van der Waals surface area (Å²) in [7, 11) is 0. The summed E-state index contributed by atoms with van der Waals surface area (Å²) < 4.78 is 5.34. The van der Waals surface area contributed by atoms with Crippen molar-refractivity contribution in [3.05, 3.63) is 54.0 Å². The normalized spacial score (nSPS) is 14.8. The molecule has 0 radical (unpaired) electrons. The first-order chi connectivity index (χ1) is 12.8. The van der Waals surface area contributed by atoms with Crippen molar-refractivity contribution in [2.24, 2.45) is 0 Å². The first-order valence-corrected chi connectivity index (χ1v) is 8.99. The zero-order valence-electron chi connectivity index (χ0n) is 14.9. The molecular weight excluding hydrogens is 330 g/mol. The van der Waals surface area contributed by atoms with Crippen molar-refractivity contribution in [2.45, 2.75) is 6.42 Å². The summed E-state index contributed by atoms with van der Waals surface area (Å²) >= 11 is 0. The zero-order valence-corrected chi connectivity index (χ0v) is 14.9. The number of amides is 1. The molecule has 0 unspecified atom stereocenters. The predicted octanol–water partition coefficient (Wildman–Crippen LogP) is 1.19. The third-order valence-corrected chi connectivity index (χ3v) is 4.28. The van der Waals surface area contributed by atoms with Gasteiger partial charge in [-0.05, 0) is 12.0 Å². The summed E-state index contributed by atoms with van der Waals surface area (Å²) in [5, 5.41) is 6.16. The highest BCUT2D eigenvalue weighted by Crippen LogP contribution is 2.05. The largest absolute Gasteiger partial charge is 0.379 e. The fraction of sp³-hybridized carbons (Fsp3) is 0.421. The van der Waals surface area contributed by atoms with Crippen LogP contribution < -0.4 is 10.6 Å². The van der Waals surface area contributed by atoms with Crippen LogP contribution in [-0.2, 0) is 11.2 Å². The molecule has 0 spiro atoms. The average molecular weight is 355 g/mol. The maximum absolute atomic E-state index is 12.3. The Kier molecular flexibility index (Phi) is 6.92. The van der Waals surface area contributed by atoms with Crippen molar-refractivity contribution >= 4 is 11.7 Å². The second-order valence-electron chi connectivity index (χ2n) is 6.16. The van der Waals surface area contributed by atoms with E-state index in [0.29, 0.717) is 18.1 Å². The van der Waals surface area contributed by atoms with E-state index in [9.17, 15) is 4.79 Å². The van der Waals surface area contributed by atoms with Gasteiger partial charge >= 0.3 is 0 Å². The van der Waals surface area contributed by atoms with Gasteiger partial charge in [0.25, 0.3) is 5.91 Å². The van der Waals surface area contributed by atoms with E-state index in [1.54, 1.807) is 6.07 Å². The van der Waals surface area contributed by atoms with Gasteiger partial charge in [-0.25, -0.2) is 9.97 Å². The Bertz CT molecular complexity index is 689. The lowest BCUT2D eigenvalue weighted by atomic mass is 10.1. The van der Waals surface area contributed by atoms with Crippen LogP contribution in [0.1, 0.15) is 16.1 Å². The average Bonchev–Trinajstić information content (AvgIpc) is 2.70. The van der Waals surface area contributed by atoms with Gasteiger partial charge < -0.3 is 15.4 Å². The third kappa shape index (κ3) is 5.79. The fourth-order valence-corrected chi connectivity index (χ4v) is 2.80. The molecule has 0 atom stereocenters. The van der Waals surface area contributed by atoms with Crippen LogP contribution in [0.3, 0.4) is 0 Å². The number of ether oxygens (including phenoxy) is 1. The van der Waals surface area contributed by atoms with Gasteiger partial charge in [-0.2, -0.15) is 0 Å². The molecule has 138 valence electrons. The number of rotatable bonds is 8. The van der Waals surface area contributed by atoms with E-state index in [0.717, 1.165) is 45.8 Å². The van der Waals surface area contributed by atoms with Crippen LogP contribution in [0.2, 0.25) is 0 Å². The minimum Gasteiger partial charge on any atom is -0.379 e. The fourth-order valence-electron chi connectivity index (χ4n) is 2.80. The van der Waals surface area contributed by atoms with Crippen LogP contribution in [0.5, 0.6) is 0 Å². The first-order valence-electron chi connectivity index (χ1n) is 8.99. The maximum Gasteiger partial charge on any atom is 0.270 e. The van der Waals surface area contributed by atoms with Crippen LogP contribution in [0.25, 0.3) is 0 Å². The molecule has 1 aromatic carbocycles. The second-order valence-corrected chi connectivity index (χ2v) is 6.16. The minimum atomic E-state index is -0.181. The monoisotopic (exact) mass is 355 g/mol. The van der Waals surface area contributed by atoms with Gasteiger partial charge in [0.2, 0.25) is 0 Å². The Hall–Kier alpha value is -2.51. The molecule has 2 aromatic rings. The number of hydrogen-bond donors (Lipinski definition) is 2. The molecule has 7 heteroatoms. The summed E-state index contributed by atoms with van der Waals surface area (Å²) in [6, 6.07) is 11.8. The van der Waals surface area contributed by atoms with E-state index in [-0.39, 0.29) is 5.91 Å². The third-order valence-electron chi connectivity index (χ3n) is 4.28. The quantitative estimate of drug-likeness (QED) is 0.741. The molecule has 26 heavy (non-hydrogen) atoms. The van der Waals surface area contributed by atoms with Crippen molar-refractivity contribution in [1.82, 2.24) is 20.2 Å². The summed E-state index contributed by atoms with van der Waals surface area (Å²) in [5.74, 6) is 0.487. The molecule has 1 saturated heterocycles. The number of benzene rings is 1. The van der Waals surface area contributed by atoms with E-state index in [1.807, 2.05) is 30.3 Å². The van der Waals surface area contributed by atoms with Gasteiger partial charge in [0, 0.05) is 38.8 Å². The highest BCUT2D eigenvalue weighted by Gasteiger charge is 2.11. The highest BCUT2D eigenvalue weighted by atomic mass is 16.5. The highest BCUT2D eigenvalue weighted by molar-refractivity contribution is 5.92. The molecule has 0 aliphatic carbocycles. The van der Waals surface area contributed by atoms with Gasteiger partial charge in [0.1, 0.15) is 17.8 Å². The number of anilines is 1. The zero-order chi connectivity index (χ0) is 18.0. The van der Waals surface area contributed by atoms with Crippen molar-refractivity contribution in [3.63, 3.8) is 0 Å². The van der Waals surface area contributed by atoms with Crippen LogP contribution in [0, 0.1) is 0 Å². The summed E-state index contributed by atoms with van der Waals surface area (Å²) in [6.07, 6.45) is 2.21. The number of morpholine rings is 1. The van der Waals surface area contributed by atoms with Gasteiger partial charge in [0.05, 0.1) is 13.2 Å². The molecule has 3 rings (SSSR count). The van der Waals surface area contributed by atoms with Crippen LogP contribution in [0.4, 0.5) is 5.82 Å². The summed E-state index contributed by atoms with van der Waals surface area (Å²) in [6.45, 7) is 5.77. The predicted molar refractivity (Wildman–Crippen MR) is 100 cm³/mol. The SMILES string of the molecule is O=C(NCCc1ccccc1)c1cc(NCCN2CCOCC2)ncn1. The number of aromatic nitrogens is 2. The second kappa shape index (κ2) is 9.84. The van der Waals surface area contributed by atoms with Crippen molar-refractivity contribution in [1.29, 1.82) is 0 Å². The molecule has 1 aliphatic rings. The standard InChI is InChI=1S/C19H25N5O2/c25-19(21-7-6-16-4-2-1-3-5-16)17-14-18(23-15-22-17)20-8-9-24-10-12-26-13-11-24/h1-5,14-15H,6-13H2,(H,21,25)(H,20,22,23). The molecule has 0 bridgehead atoms. The van der Waals surface area contributed by atoms with E-state index in [2.05, 4.69) is 25.5 Å². The number of nitrogens with one attached hydrogen (secondary N) is 2. The van der Waals surface area contributed by atoms with E-state index < -0.39 is 0 Å². The lowest BCUT2D eigenvalue weighted by Gasteiger charge is -2.26. The van der Waals surface area contributed by atoms with Crippen molar-refractivity contribution < 1.29 is 9.53 Å². The molecule has 1 amide bonds. The molecule has 2 N–H and O–H groups in total. The van der Waals surface area contributed by atoms with Gasteiger partial charge in [-0.1, -0.05) is 30.3 Å². The Morgan fingerprint density at radius 1 is 1.12 bits per heavy atom. The summed E-state index contributed by atoms with van der Waals surface area (Å²) in [4.78, 5) is 22.9. The lowest BCUT2D eigenvalue weighted by molar-refractivity contribution is 0.0398. The number of carbonyl (C=O) groups is 1. The Morgan fingerprint density at radius 3 is 2.73 bits per heavy atom. The van der Waals surface area contributed by atoms with Gasteiger partial charge in [0.15, 0.2) is 0 Å². The Balaban J connectivity index is 1.42. The maximum atomic E-state index is 12.3. The number of hydrogen-bond acceptors (Lipinski definition) is 6. The van der Waals surface area contributed by atoms with Crippen LogP contribution in [-0.4, -0.2) is 66.7 Å². The summed E-state index contributed by atoms with van der Waals surface area (Å²) in [5.41, 5.74) is 1.57. The van der Waals surface area contributed by atoms with Crippen molar-refractivity contribution in [2.75, 3.05) is 51.3 Å². The molecule has 7 nitrogen and oxygen atoms in total. The topological polar surface area (TPSA) is 79.4 Å². The molecule has 0 saturated carbocycles. The van der Waals surface area contributed by atoms with Crippen LogP contribution >= 0.6 is 0 Å².